The zero-order chi connectivity index (χ0) is 14.0. The summed E-state index contributed by atoms with van der Waals surface area (Å²) in [7, 11) is 0. The van der Waals surface area contributed by atoms with Gasteiger partial charge < -0.3 is 4.90 Å². The van der Waals surface area contributed by atoms with Crippen molar-refractivity contribution >= 4 is 17.5 Å². The molecule has 4 heteroatoms. The predicted octanol–water partition coefficient (Wildman–Crippen LogP) is 3.70. The van der Waals surface area contributed by atoms with Crippen LogP contribution < -0.4 is 0 Å². The number of rotatable bonds is 2. The van der Waals surface area contributed by atoms with Gasteiger partial charge in [-0.2, -0.15) is 0 Å². The SMILES string of the molecule is CCc1cc(C(=O)N2C(C)CCCC2C)cc(Cl)n1. The van der Waals surface area contributed by atoms with Crippen molar-refractivity contribution < 1.29 is 4.79 Å². The van der Waals surface area contributed by atoms with Gasteiger partial charge in [0.25, 0.3) is 5.91 Å². The van der Waals surface area contributed by atoms with Gasteiger partial charge in [0.15, 0.2) is 0 Å². The van der Waals surface area contributed by atoms with Gasteiger partial charge >= 0.3 is 0 Å². The molecule has 1 aliphatic heterocycles. The van der Waals surface area contributed by atoms with Crippen molar-refractivity contribution in [2.24, 2.45) is 0 Å². The quantitative estimate of drug-likeness (QED) is 0.774. The lowest BCUT2D eigenvalue weighted by molar-refractivity contribution is 0.0510. The molecule has 0 spiro atoms. The Labute approximate surface area is 120 Å². The van der Waals surface area contributed by atoms with Crippen molar-refractivity contribution in [1.82, 2.24) is 9.88 Å². The van der Waals surface area contributed by atoms with Crippen molar-refractivity contribution in [3.05, 3.63) is 28.5 Å². The fourth-order valence-electron chi connectivity index (χ4n) is 2.83. The van der Waals surface area contributed by atoms with E-state index in [1.807, 2.05) is 17.9 Å². The lowest BCUT2D eigenvalue weighted by Gasteiger charge is -2.39. The summed E-state index contributed by atoms with van der Waals surface area (Å²) in [6, 6.07) is 4.14. The van der Waals surface area contributed by atoms with E-state index in [4.69, 9.17) is 11.6 Å². The van der Waals surface area contributed by atoms with E-state index in [9.17, 15) is 4.79 Å². The number of likely N-dealkylation sites (tertiary alicyclic amines) is 1. The summed E-state index contributed by atoms with van der Waals surface area (Å²) >= 11 is 6.00. The zero-order valence-electron chi connectivity index (χ0n) is 11.8. The lowest BCUT2D eigenvalue weighted by atomic mass is 9.96. The highest BCUT2D eigenvalue weighted by molar-refractivity contribution is 6.29. The average molecular weight is 281 g/mol. The maximum atomic E-state index is 12.7. The van der Waals surface area contributed by atoms with E-state index in [1.165, 1.54) is 6.42 Å². The molecule has 0 aromatic carbocycles. The largest absolute Gasteiger partial charge is 0.333 e. The Bertz CT molecular complexity index is 465. The Morgan fingerprint density at radius 3 is 2.58 bits per heavy atom. The fourth-order valence-corrected chi connectivity index (χ4v) is 3.05. The molecule has 0 saturated carbocycles. The molecular formula is C15H21ClN2O. The first-order valence-electron chi connectivity index (χ1n) is 7.02. The minimum Gasteiger partial charge on any atom is -0.333 e. The maximum absolute atomic E-state index is 12.7. The predicted molar refractivity (Wildman–Crippen MR) is 77.6 cm³/mol. The first-order chi connectivity index (χ1) is 9.02. The summed E-state index contributed by atoms with van der Waals surface area (Å²) in [5, 5.41) is 0.403. The molecule has 19 heavy (non-hydrogen) atoms. The molecule has 1 saturated heterocycles. The molecule has 1 aromatic rings. The Morgan fingerprint density at radius 1 is 1.37 bits per heavy atom. The topological polar surface area (TPSA) is 33.2 Å². The number of piperidine rings is 1. The van der Waals surface area contributed by atoms with Gasteiger partial charge in [-0.05, 0) is 51.7 Å². The molecule has 104 valence electrons. The molecule has 0 bridgehead atoms. The van der Waals surface area contributed by atoms with E-state index in [1.54, 1.807) is 6.07 Å². The average Bonchev–Trinajstić information content (AvgIpc) is 2.37. The molecule has 2 atom stereocenters. The second kappa shape index (κ2) is 5.91. The number of halogens is 1. The van der Waals surface area contributed by atoms with Crippen LogP contribution in [0, 0.1) is 0 Å². The van der Waals surface area contributed by atoms with Crippen LogP contribution in [0.2, 0.25) is 5.15 Å². The number of carbonyl (C=O) groups excluding carboxylic acids is 1. The molecule has 0 radical (unpaired) electrons. The van der Waals surface area contributed by atoms with Gasteiger partial charge in [0.1, 0.15) is 5.15 Å². The van der Waals surface area contributed by atoms with E-state index >= 15 is 0 Å². The van der Waals surface area contributed by atoms with Crippen LogP contribution in [0.25, 0.3) is 0 Å². The van der Waals surface area contributed by atoms with Gasteiger partial charge in [0.2, 0.25) is 0 Å². The van der Waals surface area contributed by atoms with Crippen LogP contribution in [0.4, 0.5) is 0 Å². The first-order valence-corrected chi connectivity index (χ1v) is 7.39. The van der Waals surface area contributed by atoms with E-state index in [0.717, 1.165) is 25.0 Å². The van der Waals surface area contributed by atoms with Crippen LogP contribution >= 0.6 is 11.6 Å². The monoisotopic (exact) mass is 280 g/mol. The van der Waals surface area contributed by atoms with Crippen molar-refractivity contribution in [3.8, 4) is 0 Å². The van der Waals surface area contributed by atoms with Gasteiger partial charge in [-0.3, -0.25) is 4.79 Å². The second-order valence-corrected chi connectivity index (χ2v) is 5.75. The van der Waals surface area contributed by atoms with Gasteiger partial charge in [-0.1, -0.05) is 18.5 Å². The summed E-state index contributed by atoms with van der Waals surface area (Å²) < 4.78 is 0. The molecule has 2 heterocycles. The van der Waals surface area contributed by atoms with Crippen LogP contribution in [-0.2, 0) is 6.42 Å². The van der Waals surface area contributed by atoms with Gasteiger partial charge in [-0.15, -0.1) is 0 Å². The van der Waals surface area contributed by atoms with Crippen molar-refractivity contribution in [2.75, 3.05) is 0 Å². The number of aryl methyl sites for hydroxylation is 1. The third-order valence-electron chi connectivity index (χ3n) is 3.88. The molecular weight excluding hydrogens is 260 g/mol. The van der Waals surface area contributed by atoms with E-state index in [0.29, 0.717) is 22.8 Å². The van der Waals surface area contributed by atoms with Gasteiger partial charge in [0.05, 0.1) is 0 Å². The summed E-state index contributed by atoms with van der Waals surface area (Å²) in [6.07, 6.45) is 4.14. The van der Waals surface area contributed by atoms with Crippen LogP contribution in [0.1, 0.15) is 56.1 Å². The number of aromatic nitrogens is 1. The Kier molecular flexibility index (Phi) is 4.46. The number of pyridine rings is 1. The summed E-state index contributed by atoms with van der Waals surface area (Å²) in [4.78, 5) is 18.9. The summed E-state index contributed by atoms with van der Waals surface area (Å²) in [6.45, 7) is 6.26. The molecule has 1 fully saturated rings. The first kappa shape index (κ1) is 14.3. The van der Waals surface area contributed by atoms with Crippen LogP contribution in [0.3, 0.4) is 0 Å². The van der Waals surface area contributed by atoms with Crippen LogP contribution in [0.15, 0.2) is 12.1 Å². The molecule has 1 amide bonds. The van der Waals surface area contributed by atoms with Crippen molar-refractivity contribution in [1.29, 1.82) is 0 Å². The number of hydrogen-bond donors (Lipinski definition) is 0. The molecule has 3 nitrogen and oxygen atoms in total. The van der Waals surface area contributed by atoms with E-state index in [2.05, 4.69) is 18.8 Å². The number of amides is 1. The summed E-state index contributed by atoms with van der Waals surface area (Å²) in [5.41, 5.74) is 1.53. The number of hydrogen-bond acceptors (Lipinski definition) is 2. The van der Waals surface area contributed by atoms with Crippen molar-refractivity contribution in [3.63, 3.8) is 0 Å². The van der Waals surface area contributed by atoms with Crippen molar-refractivity contribution in [2.45, 2.75) is 58.5 Å². The van der Waals surface area contributed by atoms with Gasteiger partial charge in [0, 0.05) is 23.3 Å². The maximum Gasteiger partial charge on any atom is 0.254 e. The molecule has 1 aliphatic rings. The molecule has 0 aliphatic carbocycles. The van der Waals surface area contributed by atoms with E-state index in [-0.39, 0.29) is 5.91 Å². The van der Waals surface area contributed by atoms with E-state index < -0.39 is 0 Å². The zero-order valence-corrected chi connectivity index (χ0v) is 12.6. The Balaban J connectivity index is 2.30. The lowest BCUT2D eigenvalue weighted by Crippen LogP contribution is -2.47. The van der Waals surface area contributed by atoms with Crippen LogP contribution in [-0.4, -0.2) is 27.9 Å². The fraction of sp³-hybridized carbons (Fsp3) is 0.600. The summed E-state index contributed by atoms with van der Waals surface area (Å²) in [5.74, 6) is 0.0821. The second-order valence-electron chi connectivity index (χ2n) is 5.36. The smallest absolute Gasteiger partial charge is 0.254 e. The highest BCUT2D eigenvalue weighted by Crippen LogP contribution is 2.25. The normalized spacial score (nSPS) is 23.5. The standard InChI is InChI=1S/C15H21ClN2O/c1-4-13-8-12(9-14(16)17-13)15(19)18-10(2)6-5-7-11(18)3/h8-11H,4-7H2,1-3H3. The van der Waals surface area contributed by atoms with Gasteiger partial charge in [-0.25, -0.2) is 4.98 Å². The molecule has 2 rings (SSSR count). The molecule has 1 aromatic heterocycles. The third-order valence-corrected chi connectivity index (χ3v) is 4.08. The Hall–Kier alpha value is -1.09. The number of nitrogens with zero attached hydrogens (tertiary/aromatic N) is 2. The third kappa shape index (κ3) is 3.08. The molecule has 2 unspecified atom stereocenters. The minimum atomic E-state index is 0.0821. The Morgan fingerprint density at radius 2 is 2.00 bits per heavy atom. The minimum absolute atomic E-state index is 0.0821. The highest BCUT2D eigenvalue weighted by atomic mass is 35.5. The number of carbonyl (C=O) groups is 1. The van der Waals surface area contributed by atoms with Crippen LogP contribution in [0.5, 0.6) is 0 Å². The highest BCUT2D eigenvalue weighted by Gasteiger charge is 2.29. The molecule has 0 N–H and O–H groups in total.